The summed E-state index contributed by atoms with van der Waals surface area (Å²) in [6, 6.07) is 7.70. The molecule has 1 aromatic carbocycles. The highest BCUT2D eigenvalue weighted by Gasteiger charge is 2.02. The van der Waals surface area contributed by atoms with Crippen molar-refractivity contribution in [2.45, 2.75) is 16.7 Å². The predicted octanol–water partition coefficient (Wildman–Crippen LogP) is 2.13. The molecule has 0 aliphatic heterocycles. The van der Waals surface area contributed by atoms with Gasteiger partial charge in [-0.15, -0.1) is 0 Å². The van der Waals surface area contributed by atoms with E-state index in [2.05, 4.69) is 9.97 Å². The molecule has 2 aromatic rings. The number of aliphatic hydroxyl groups excluding tert-OH is 1. The number of methoxy groups -OCH3 is 1. The van der Waals surface area contributed by atoms with Gasteiger partial charge in [0, 0.05) is 22.9 Å². The van der Waals surface area contributed by atoms with Crippen molar-refractivity contribution >= 4 is 11.8 Å². The Morgan fingerprint density at radius 1 is 1.29 bits per heavy atom. The third kappa shape index (κ3) is 3.18. The molecule has 0 bridgehead atoms. The van der Waals surface area contributed by atoms with Crippen molar-refractivity contribution < 1.29 is 9.84 Å². The standard InChI is InChI=1S/C12H12N2O2S/c1-16-10-3-2-4-11(5-10)17-12-13-6-9(8-15)7-14-12/h2-7,15H,8H2,1H3. The molecular formula is C12H12N2O2S. The van der Waals surface area contributed by atoms with Gasteiger partial charge in [0.1, 0.15) is 5.75 Å². The van der Waals surface area contributed by atoms with Crippen LogP contribution in [0, 0.1) is 0 Å². The highest BCUT2D eigenvalue weighted by atomic mass is 32.2. The Morgan fingerprint density at radius 2 is 2.06 bits per heavy atom. The number of rotatable bonds is 4. The highest BCUT2D eigenvalue weighted by Crippen LogP contribution is 2.27. The summed E-state index contributed by atoms with van der Waals surface area (Å²) in [5, 5.41) is 9.53. The van der Waals surface area contributed by atoms with Crippen LogP contribution in [0.5, 0.6) is 5.75 Å². The van der Waals surface area contributed by atoms with Crippen LogP contribution in [0.15, 0.2) is 46.7 Å². The molecule has 0 aliphatic carbocycles. The molecule has 4 nitrogen and oxygen atoms in total. The number of aliphatic hydroxyl groups is 1. The molecule has 5 heteroatoms. The van der Waals surface area contributed by atoms with Crippen LogP contribution in [0.3, 0.4) is 0 Å². The first-order valence-corrected chi connectivity index (χ1v) is 5.87. The molecule has 0 saturated heterocycles. The van der Waals surface area contributed by atoms with Gasteiger partial charge in [0.25, 0.3) is 0 Å². The van der Waals surface area contributed by atoms with Crippen molar-refractivity contribution in [1.82, 2.24) is 9.97 Å². The van der Waals surface area contributed by atoms with Crippen molar-refractivity contribution in [3.8, 4) is 5.75 Å². The van der Waals surface area contributed by atoms with E-state index in [9.17, 15) is 0 Å². The summed E-state index contributed by atoms with van der Waals surface area (Å²) < 4.78 is 5.14. The first-order chi connectivity index (χ1) is 8.31. The molecular weight excluding hydrogens is 236 g/mol. The number of nitrogens with zero attached hydrogens (tertiary/aromatic N) is 2. The second-order valence-corrected chi connectivity index (χ2v) is 4.35. The third-order valence-electron chi connectivity index (χ3n) is 2.11. The van der Waals surface area contributed by atoms with Gasteiger partial charge in [-0.25, -0.2) is 9.97 Å². The maximum atomic E-state index is 8.88. The van der Waals surface area contributed by atoms with Crippen molar-refractivity contribution in [1.29, 1.82) is 0 Å². The van der Waals surface area contributed by atoms with Gasteiger partial charge < -0.3 is 9.84 Å². The van der Waals surface area contributed by atoms with E-state index in [0.29, 0.717) is 10.7 Å². The first-order valence-electron chi connectivity index (χ1n) is 5.05. The monoisotopic (exact) mass is 248 g/mol. The summed E-state index contributed by atoms with van der Waals surface area (Å²) >= 11 is 1.45. The lowest BCUT2D eigenvalue weighted by molar-refractivity contribution is 0.280. The van der Waals surface area contributed by atoms with Gasteiger partial charge in [0.15, 0.2) is 5.16 Å². The lowest BCUT2D eigenvalue weighted by atomic mass is 10.3. The first kappa shape index (κ1) is 11.9. The largest absolute Gasteiger partial charge is 0.497 e. The highest BCUT2D eigenvalue weighted by molar-refractivity contribution is 7.99. The second-order valence-electron chi connectivity index (χ2n) is 3.31. The zero-order chi connectivity index (χ0) is 12.1. The van der Waals surface area contributed by atoms with Crippen LogP contribution < -0.4 is 4.74 Å². The zero-order valence-corrected chi connectivity index (χ0v) is 10.1. The molecule has 0 fully saturated rings. The number of hydrogen-bond acceptors (Lipinski definition) is 5. The van der Waals surface area contributed by atoms with E-state index >= 15 is 0 Å². The van der Waals surface area contributed by atoms with Crippen molar-refractivity contribution in [2.75, 3.05) is 7.11 Å². The molecule has 0 spiro atoms. The van der Waals surface area contributed by atoms with Gasteiger partial charge in [0.2, 0.25) is 0 Å². The molecule has 2 rings (SSSR count). The number of ether oxygens (including phenoxy) is 1. The molecule has 1 heterocycles. The normalized spacial score (nSPS) is 10.2. The van der Waals surface area contributed by atoms with E-state index in [4.69, 9.17) is 9.84 Å². The molecule has 0 radical (unpaired) electrons. The van der Waals surface area contributed by atoms with Gasteiger partial charge in [-0.1, -0.05) is 6.07 Å². The summed E-state index contributed by atoms with van der Waals surface area (Å²) in [5.74, 6) is 0.807. The Bertz CT molecular complexity index is 488. The van der Waals surface area contributed by atoms with E-state index < -0.39 is 0 Å². The Balaban J connectivity index is 2.13. The molecule has 1 aromatic heterocycles. The summed E-state index contributed by atoms with van der Waals surface area (Å²) in [7, 11) is 1.64. The maximum Gasteiger partial charge on any atom is 0.192 e. The molecule has 0 saturated carbocycles. The minimum Gasteiger partial charge on any atom is -0.497 e. The van der Waals surface area contributed by atoms with Crippen LogP contribution in [-0.4, -0.2) is 22.2 Å². The Hall–Kier alpha value is -1.59. The summed E-state index contributed by atoms with van der Waals surface area (Å²) in [5.41, 5.74) is 0.708. The van der Waals surface area contributed by atoms with Crippen LogP contribution in [0.4, 0.5) is 0 Å². The topological polar surface area (TPSA) is 55.2 Å². The van der Waals surface area contributed by atoms with Crippen LogP contribution in [-0.2, 0) is 6.61 Å². The van der Waals surface area contributed by atoms with Crippen molar-refractivity contribution in [2.24, 2.45) is 0 Å². The van der Waals surface area contributed by atoms with Gasteiger partial charge in [-0.2, -0.15) is 0 Å². The van der Waals surface area contributed by atoms with E-state index in [-0.39, 0.29) is 6.61 Å². The number of benzene rings is 1. The van der Waals surface area contributed by atoms with E-state index in [1.807, 2.05) is 24.3 Å². The second kappa shape index (κ2) is 5.65. The summed E-state index contributed by atoms with van der Waals surface area (Å²) in [4.78, 5) is 9.32. The Kier molecular flexibility index (Phi) is 3.95. The quantitative estimate of drug-likeness (QED) is 0.840. The smallest absolute Gasteiger partial charge is 0.192 e. The molecule has 0 amide bonds. The lowest BCUT2D eigenvalue weighted by Crippen LogP contribution is -1.90. The number of hydrogen-bond donors (Lipinski definition) is 1. The fourth-order valence-corrected chi connectivity index (χ4v) is 1.99. The van der Waals surface area contributed by atoms with Crippen molar-refractivity contribution in [3.05, 3.63) is 42.2 Å². The van der Waals surface area contributed by atoms with E-state index in [0.717, 1.165) is 10.6 Å². The summed E-state index contributed by atoms with van der Waals surface area (Å²) in [6.45, 7) is -0.0376. The van der Waals surface area contributed by atoms with Crippen LogP contribution >= 0.6 is 11.8 Å². The molecule has 1 N–H and O–H groups in total. The van der Waals surface area contributed by atoms with Gasteiger partial charge in [-0.05, 0) is 30.0 Å². The average molecular weight is 248 g/mol. The van der Waals surface area contributed by atoms with E-state index in [1.54, 1.807) is 19.5 Å². The minimum absolute atomic E-state index is 0.0376. The van der Waals surface area contributed by atoms with Crippen LogP contribution in [0.25, 0.3) is 0 Å². The molecule has 0 unspecified atom stereocenters. The minimum atomic E-state index is -0.0376. The Labute approximate surface area is 104 Å². The molecule has 0 atom stereocenters. The number of aromatic nitrogens is 2. The van der Waals surface area contributed by atoms with Crippen LogP contribution in [0.1, 0.15) is 5.56 Å². The van der Waals surface area contributed by atoms with Crippen LogP contribution in [0.2, 0.25) is 0 Å². The van der Waals surface area contributed by atoms with Gasteiger partial charge in [-0.3, -0.25) is 0 Å². The third-order valence-corrected chi connectivity index (χ3v) is 3.00. The molecule has 88 valence electrons. The Morgan fingerprint density at radius 3 is 2.71 bits per heavy atom. The average Bonchev–Trinajstić information content (AvgIpc) is 2.40. The fourth-order valence-electron chi connectivity index (χ4n) is 1.25. The van der Waals surface area contributed by atoms with Crippen molar-refractivity contribution in [3.63, 3.8) is 0 Å². The zero-order valence-electron chi connectivity index (χ0n) is 9.33. The van der Waals surface area contributed by atoms with Gasteiger partial charge >= 0.3 is 0 Å². The summed E-state index contributed by atoms with van der Waals surface area (Å²) in [6.07, 6.45) is 3.24. The van der Waals surface area contributed by atoms with E-state index in [1.165, 1.54) is 11.8 Å². The lowest BCUT2D eigenvalue weighted by Gasteiger charge is -2.03. The van der Waals surface area contributed by atoms with Gasteiger partial charge in [0.05, 0.1) is 13.7 Å². The molecule has 0 aliphatic rings. The molecule has 17 heavy (non-hydrogen) atoms. The fraction of sp³-hybridized carbons (Fsp3) is 0.167. The predicted molar refractivity (Wildman–Crippen MR) is 65.1 cm³/mol. The maximum absolute atomic E-state index is 8.88. The SMILES string of the molecule is COc1cccc(Sc2ncc(CO)cn2)c1.